The van der Waals surface area contributed by atoms with Crippen LogP contribution < -0.4 is 15.4 Å². The van der Waals surface area contributed by atoms with Crippen LogP contribution in [0.2, 0.25) is 10.0 Å². The lowest BCUT2D eigenvalue weighted by molar-refractivity contribution is -0.122. The number of hydrogen-bond donors (Lipinski definition) is 2. The summed E-state index contributed by atoms with van der Waals surface area (Å²) >= 11 is 11.7. The van der Waals surface area contributed by atoms with Gasteiger partial charge in [-0.2, -0.15) is 0 Å². The van der Waals surface area contributed by atoms with Crippen LogP contribution >= 0.6 is 23.2 Å². The van der Waals surface area contributed by atoms with Gasteiger partial charge in [0, 0.05) is 30.9 Å². The van der Waals surface area contributed by atoms with Gasteiger partial charge in [0.05, 0.1) is 10.0 Å². The minimum absolute atomic E-state index is 0.198. The molecule has 0 radical (unpaired) electrons. The van der Waals surface area contributed by atoms with E-state index in [2.05, 4.69) is 22.2 Å². The average molecular weight is 408 g/mol. The molecule has 0 atom stereocenters. The molecule has 0 aliphatic heterocycles. The molecular weight excluding hydrogens is 389 g/mol. The lowest BCUT2D eigenvalue weighted by atomic mass is 10.2. The van der Waals surface area contributed by atoms with Crippen molar-refractivity contribution < 1.29 is 14.3 Å². The summed E-state index contributed by atoms with van der Waals surface area (Å²) in [5.41, 5.74) is 1.64. The number of rotatable bonds is 8. The van der Waals surface area contributed by atoms with E-state index in [-0.39, 0.29) is 18.4 Å². The maximum Gasteiger partial charge on any atom is 0.270 e. The maximum atomic E-state index is 12.0. The van der Waals surface area contributed by atoms with E-state index in [4.69, 9.17) is 27.9 Å². The molecule has 8 heteroatoms. The highest BCUT2D eigenvalue weighted by Crippen LogP contribution is 2.26. The Morgan fingerprint density at radius 3 is 2.70 bits per heavy atom. The van der Waals surface area contributed by atoms with Gasteiger partial charge in [0.1, 0.15) is 11.4 Å². The zero-order valence-corrected chi connectivity index (χ0v) is 16.2. The number of hydrogen-bond acceptors (Lipinski definition) is 4. The molecule has 0 fully saturated rings. The van der Waals surface area contributed by atoms with Crippen molar-refractivity contribution in [2.24, 2.45) is 0 Å². The second kappa shape index (κ2) is 9.94. The number of amides is 2. The van der Waals surface area contributed by atoms with Crippen LogP contribution in [-0.4, -0.2) is 29.9 Å². The van der Waals surface area contributed by atoms with Crippen LogP contribution in [0.25, 0.3) is 0 Å². The molecule has 2 amide bonds. The van der Waals surface area contributed by atoms with Crippen LogP contribution in [0.4, 0.5) is 0 Å². The van der Waals surface area contributed by atoms with E-state index in [0.717, 1.165) is 5.56 Å². The standard InChI is InChI=1S/C19H19Cl2N3O3/c1-12-4-3-8-22-18(12)19(26)23-9-7-13(2)24-17(25)11-27-14-5-6-15(20)16(21)10-14/h3-6,8,10H,2,7,9,11H2,1H3,(H,23,26)(H,24,25). The number of benzene rings is 1. The fourth-order valence-corrected chi connectivity index (χ4v) is 2.43. The van der Waals surface area contributed by atoms with Gasteiger partial charge in [-0.05, 0) is 30.7 Å². The van der Waals surface area contributed by atoms with Crippen LogP contribution in [0.1, 0.15) is 22.5 Å². The molecule has 1 aromatic carbocycles. The number of ether oxygens (including phenoxy) is 1. The highest BCUT2D eigenvalue weighted by atomic mass is 35.5. The summed E-state index contributed by atoms with van der Waals surface area (Å²) in [7, 11) is 0. The number of pyridine rings is 1. The molecule has 2 N–H and O–H groups in total. The summed E-state index contributed by atoms with van der Waals surface area (Å²) in [6.45, 7) is 5.71. The Kier molecular flexibility index (Phi) is 7.64. The summed E-state index contributed by atoms with van der Waals surface area (Å²) in [5, 5.41) is 6.11. The molecule has 6 nitrogen and oxygen atoms in total. The average Bonchev–Trinajstić information content (AvgIpc) is 2.63. The topological polar surface area (TPSA) is 80.3 Å². The maximum absolute atomic E-state index is 12.0. The van der Waals surface area contributed by atoms with Gasteiger partial charge in [-0.3, -0.25) is 14.6 Å². The number of aromatic nitrogens is 1. The van der Waals surface area contributed by atoms with Crippen LogP contribution in [0.5, 0.6) is 5.75 Å². The Labute approximate surface area is 167 Å². The molecule has 0 spiro atoms. The third-order valence-electron chi connectivity index (χ3n) is 3.51. The lowest BCUT2D eigenvalue weighted by Crippen LogP contribution is -2.31. The summed E-state index contributed by atoms with van der Waals surface area (Å²) in [6.07, 6.45) is 1.95. The molecule has 1 aromatic heterocycles. The van der Waals surface area contributed by atoms with Crippen molar-refractivity contribution in [1.29, 1.82) is 0 Å². The predicted octanol–water partition coefficient (Wildman–Crippen LogP) is 3.53. The van der Waals surface area contributed by atoms with Gasteiger partial charge in [0.15, 0.2) is 6.61 Å². The van der Waals surface area contributed by atoms with Crippen LogP contribution in [0.3, 0.4) is 0 Å². The Morgan fingerprint density at radius 2 is 2.00 bits per heavy atom. The monoisotopic (exact) mass is 407 g/mol. The number of aryl methyl sites for hydroxylation is 1. The van der Waals surface area contributed by atoms with Gasteiger partial charge in [0.25, 0.3) is 11.8 Å². The van der Waals surface area contributed by atoms with E-state index in [0.29, 0.717) is 40.2 Å². The number of nitrogens with one attached hydrogen (secondary N) is 2. The molecule has 0 saturated carbocycles. The largest absolute Gasteiger partial charge is 0.484 e. The Bertz CT molecular complexity index is 856. The Hall–Kier alpha value is -2.57. The summed E-state index contributed by atoms with van der Waals surface area (Å²) in [6, 6.07) is 8.31. The van der Waals surface area contributed by atoms with E-state index >= 15 is 0 Å². The Balaban J connectivity index is 1.70. The van der Waals surface area contributed by atoms with Crippen LogP contribution in [0, 0.1) is 6.92 Å². The van der Waals surface area contributed by atoms with Gasteiger partial charge >= 0.3 is 0 Å². The molecule has 142 valence electrons. The molecule has 27 heavy (non-hydrogen) atoms. The molecule has 0 aliphatic carbocycles. The molecule has 1 heterocycles. The molecule has 0 unspecified atom stereocenters. The van der Waals surface area contributed by atoms with Crippen molar-refractivity contribution >= 4 is 35.0 Å². The molecule has 0 bridgehead atoms. The predicted molar refractivity (Wildman–Crippen MR) is 105 cm³/mol. The molecule has 0 saturated heterocycles. The second-order valence-electron chi connectivity index (χ2n) is 5.69. The van der Waals surface area contributed by atoms with E-state index in [1.54, 1.807) is 24.4 Å². The highest BCUT2D eigenvalue weighted by molar-refractivity contribution is 6.42. The van der Waals surface area contributed by atoms with Crippen molar-refractivity contribution in [3.8, 4) is 5.75 Å². The SMILES string of the molecule is C=C(CCNC(=O)c1ncccc1C)NC(=O)COc1ccc(Cl)c(Cl)c1. The smallest absolute Gasteiger partial charge is 0.270 e. The number of halogens is 2. The zero-order chi connectivity index (χ0) is 19.8. The van der Waals surface area contributed by atoms with E-state index < -0.39 is 0 Å². The van der Waals surface area contributed by atoms with Gasteiger partial charge in [-0.25, -0.2) is 0 Å². The number of carbonyl (C=O) groups is 2. The van der Waals surface area contributed by atoms with E-state index in [1.807, 2.05) is 13.0 Å². The quantitative estimate of drug-likeness (QED) is 0.701. The van der Waals surface area contributed by atoms with Gasteiger partial charge in [-0.1, -0.05) is 35.8 Å². The summed E-state index contributed by atoms with van der Waals surface area (Å²) in [4.78, 5) is 28.0. The first-order valence-corrected chi connectivity index (χ1v) is 8.87. The molecule has 2 aromatic rings. The molecular formula is C19H19Cl2N3O3. The van der Waals surface area contributed by atoms with Crippen molar-refractivity contribution in [1.82, 2.24) is 15.6 Å². The molecule has 0 aliphatic rings. The minimum Gasteiger partial charge on any atom is -0.484 e. The van der Waals surface area contributed by atoms with Crippen molar-refractivity contribution in [3.63, 3.8) is 0 Å². The van der Waals surface area contributed by atoms with Crippen molar-refractivity contribution in [3.05, 3.63) is 70.1 Å². The first kappa shape index (κ1) is 20.7. The number of carbonyl (C=O) groups excluding carboxylic acids is 2. The third-order valence-corrected chi connectivity index (χ3v) is 4.25. The van der Waals surface area contributed by atoms with Crippen molar-refractivity contribution in [2.75, 3.05) is 13.2 Å². The lowest BCUT2D eigenvalue weighted by Gasteiger charge is -2.11. The Morgan fingerprint density at radius 1 is 1.22 bits per heavy atom. The number of nitrogens with zero attached hydrogens (tertiary/aromatic N) is 1. The van der Waals surface area contributed by atoms with Gasteiger partial charge in [-0.15, -0.1) is 0 Å². The minimum atomic E-state index is -0.363. The van der Waals surface area contributed by atoms with E-state index in [1.165, 1.54) is 6.07 Å². The molecule has 2 rings (SSSR count). The van der Waals surface area contributed by atoms with E-state index in [9.17, 15) is 9.59 Å². The fourth-order valence-electron chi connectivity index (χ4n) is 2.15. The first-order chi connectivity index (χ1) is 12.9. The van der Waals surface area contributed by atoms with Gasteiger partial charge < -0.3 is 15.4 Å². The second-order valence-corrected chi connectivity index (χ2v) is 6.51. The summed E-state index contributed by atoms with van der Waals surface area (Å²) < 4.78 is 5.34. The zero-order valence-electron chi connectivity index (χ0n) is 14.7. The van der Waals surface area contributed by atoms with Gasteiger partial charge in [0.2, 0.25) is 0 Å². The fraction of sp³-hybridized carbons (Fsp3) is 0.211. The normalized spacial score (nSPS) is 10.2. The highest BCUT2D eigenvalue weighted by Gasteiger charge is 2.10. The van der Waals surface area contributed by atoms with Crippen LogP contribution in [-0.2, 0) is 4.79 Å². The summed E-state index contributed by atoms with van der Waals surface area (Å²) in [5.74, 6) is -0.198. The van der Waals surface area contributed by atoms with Crippen molar-refractivity contribution in [2.45, 2.75) is 13.3 Å². The van der Waals surface area contributed by atoms with Crippen LogP contribution in [0.15, 0.2) is 48.8 Å². The first-order valence-electron chi connectivity index (χ1n) is 8.12. The third kappa shape index (κ3) is 6.58.